The summed E-state index contributed by atoms with van der Waals surface area (Å²) in [6.45, 7) is 6.62. The molecule has 0 radical (unpaired) electrons. The largest absolute Gasteiger partial charge is 0.400 e. The second-order valence-electron chi connectivity index (χ2n) is 5.43. The van der Waals surface area contributed by atoms with Gasteiger partial charge in [0.05, 0.1) is 17.1 Å². The zero-order valence-corrected chi connectivity index (χ0v) is 12.2. The van der Waals surface area contributed by atoms with E-state index in [1.54, 1.807) is 0 Å². The van der Waals surface area contributed by atoms with E-state index in [-0.39, 0.29) is 0 Å². The Hall–Kier alpha value is -2.31. The molecule has 0 aliphatic carbocycles. The summed E-state index contributed by atoms with van der Waals surface area (Å²) in [5, 5.41) is 13.7. The molecular formula is C13H18BN6-. The third-order valence-electron chi connectivity index (χ3n) is 3.73. The fourth-order valence-corrected chi connectivity index (χ4v) is 2.48. The van der Waals surface area contributed by atoms with Crippen LogP contribution >= 0.6 is 0 Å². The van der Waals surface area contributed by atoms with E-state index in [1.807, 2.05) is 71.3 Å². The van der Waals surface area contributed by atoms with Crippen molar-refractivity contribution in [1.29, 1.82) is 0 Å². The lowest BCUT2D eigenvalue weighted by Gasteiger charge is -2.38. The van der Waals surface area contributed by atoms with E-state index in [1.165, 1.54) is 0 Å². The number of aromatic nitrogens is 6. The zero-order chi connectivity index (χ0) is 14.3. The van der Waals surface area contributed by atoms with Crippen LogP contribution in [0, 0.1) is 20.8 Å². The Morgan fingerprint density at radius 3 is 1.20 bits per heavy atom. The Morgan fingerprint density at radius 1 is 0.700 bits per heavy atom. The molecule has 0 saturated carbocycles. The number of rotatable bonds is 3. The first-order chi connectivity index (χ1) is 9.50. The molecule has 20 heavy (non-hydrogen) atoms. The summed E-state index contributed by atoms with van der Waals surface area (Å²) in [5.74, 6) is 0. The fourth-order valence-electron chi connectivity index (χ4n) is 2.48. The van der Waals surface area contributed by atoms with Crippen LogP contribution in [-0.4, -0.2) is 35.6 Å². The normalized spacial score (nSPS) is 12.0. The number of aryl methyl sites for hydroxylation is 3. The van der Waals surface area contributed by atoms with E-state index in [0.29, 0.717) is 0 Å². The first-order valence-electron chi connectivity index (χ1n) is 6.76. The van der Waals surface area contributed by atoms with Crippen LogP contribution in [0.25, 0.3) is 0 Å². The summed E-state index contributed by atoms with van der Waals surface area (Å²) < 4.78 is 5.82. The topological polar surface area (TPSA) is 53.5 Å². The minimum Gasteiger partial charge on any atom is -0.400 e. The third kappa shape index (κ3) is 1.86. The molecule has 3 aromatic rings. The molecule has 7 heteroatoms. The molecule has 0 spiro atoms. The average Bonchev–Trinajstić information content (AvgIpc) is 3.10. The second-order valence-corrected chi connectivity index (χ2v) is 5.43. The monoisotopic (exact) mass is 269 g/mol. The van der Waals surface area contributed by atoms with Crippen molar-refractivity contribution in [3.63, 3.8) is 0 Å². The molecule has 3 heterocycles. The summed E-state index contributed by atoms with van der Waals surface area (Å²) in [6, 6.07) is 5.98. The summed E-state index contributed by atoms with van der Waals surface area (Å²) >= 11 is 0. The summed E-state index contributed by atoms with van der Waals surface area (Å²) in [6.07, 6.45) is 5.93. The maximum Gasteiger partial charge on any atom is 0.337 e. The van der Waals surface area contributed by atoms with Gasteiger partial charge in [-0.15, -0.1) is 6.82 Å². The average molecular weight is 269 g/mol. The van der Waals surface area contributed by atoms with Gasteiger partial charge in [-0.2, -0.15) is 0 Å². The lowest BCUT2D eigenvalue weighted by molar-refractivity contribution is 0.721. The second kappa shape index (κ2) is 4.36. The third-order valence-corrected chi connectivity index (χ3v) is 3.73. The van der Waals surface area contributed by atoms with Crippen LogP contribution in [0.5, 0.6) is 0 Å². The molecule has 3 rings (SSSR count). The van der Waals surface area contributed by atoms with Gasteiger partial charge in [0.1, 0.15) is 0 Å². The smallest absolute Gasteiger partial charge is 0.337 e. The standard InChI is InChI=1S/C13H18BN6/c1-11-5-8-18(15-11)14(4,19-9-6-12(2)16-19)20-10-7-13(3)17-20/h5-10H,1-4H3/q-1. The van der Waals surface area contributed by atoms with Crippen molar-refractivity contribution in [3.8, 4) is 0 Å². The minimum absolute atomic E-state index is 0.978. The van der Waals surface area contributed by atoms with Gasteiger partial charge in [-0.25, -0.2) is 15.3 Å². The maximum absolute atomic E-state index is 4.58. The van der Waals surface area contributed by atoms with E-state index in [0.717, 1.165) is 17.1 Å². The van der Waals surface area contributed by atoms with Gasteiger partial charge in [-0.1, -0.05) is 0 Å². The van der Waals surface area contributed by atoms with E-state index < -0.39 is 6.55 Å². The van der Waals surface area contributed by atoms with Crippen molar-refractivity contribution in [1.82, 2.24) is 29.1 Å². The van der Waals surface area contributed by atoms with Gasteiger partial charge in [0.2, 0.25) is 0 Å². The first kappa shape index (κ1) is 12.7. The molecule has 0 aliphatic heterocycles. The predicted octanol–water partition coefficient (Wildman–Crippen LogP) is 1.71. The van der Waals surface area contributed by atoms with Crippen LogP contribution in [0.3, 0.4) is 0 Å². The SMILES string of the molecule is Cc1ccn([B-](C)(n2ccc(C)n2)n2ccc(C)n2)n1. The van der Waals surface area contributed by atoms with E-state index in [9.17, 15) is 0 Å². The molecule has 6 nitrogen and oxygen atoms in total. The molecule has 0 atom stereocenters. The van der Waals surface area contributed by atoms with Crippen LogP contribution in [0.2, 0.25) is 6.82 Å². The van der Waals surface area contributed by atoms with Crippen molar-refractivity contribution >= 4 is 6.55 Å². The predicted molar refractivity (Wildman–Crippen MR) is 78.7 cm³/mol. The van der Waals surface area contributed by atoms with Gasteiger partial charge in [0, 0.05) is 0 Å². The van der Waals surface area contributed by atoms with E-state index in [2.05, 4.69) is 22.1 Å². The van der Waals surface area contributed by atoms with Crippen molar-refractivity contribution < 1.29 is 0 Å². The maximum atomic E-state index is 4.58. The molecule has 0 amide bonds. The summed E-state index contributed by atoms with van der Waals surface area (Å²) in [5.41, 5.74) is 2.93. The van der Waals surface area contributed by atoms with E-state index in [4.69, 9.17) is 0 Å². The molecule has 0 aromatic carbocycles. The van der Waals surface area contributed by atoms with Gasteiger partial charge in [0.25, 0.3) is 0 Å². The molecule has 0 fully saturated rings. The highest BCUT2D eigenvalue weighted by atomic mass is 15.5. The molecule has 104 valence electrons. The molecule has 0 aliphatic rings. The zero-order valence-electron chi connectivity index (χ0n) is 12.2. The van der Waals surface area contributed by atoms with Gasteiger partial charge in [-0.05, 0) is 57.6 Å². The molecule has 0 bridgehead atoms. The lowest BCUT2D eigenvalue weighted by Crippen LogP contribution is -2.56. The van der Waals surface area contributed by atoms with Gasteiger partial charge >= 0.3 is 6.55 Å². The van der Waals surface area contributed by atoms with Crippen molar-refractivity contribution in [2.75, 3.05) is 0 Å². The van der Waals surface area contributed by atoms with Crippen LogP contribution in [-0.2, 0) is 0 Å². The molecule has 3 aromatic heterocycles. The van der Waals surface area contributed by atoms with E-state index >= 15 is 0 Å². The number of hydrogen-bond donors (Lipinski definition) is 0. The summed E-state index contributed by atoms with van der Waals surface area (Å²) in [4.78, 5) is 0. The van der Waals surface area contributed by atoms with Crippen molar-refractivity contribution in [2.24, 2.45) is 0 Å². The molecule has 0 saturated heterocycles. The van der Waals surface area contributed by atoms with Crippen molar-refractivity contribution in [3.05, 3.63) is 53.9 Å². The van der Waals surface area contributed by atoms with Gasteiger partial charge < -0.3 is 13.8 Å². The Morgan fingerprint density at radius 2 is 1.00 bits per heavy atom. The molecular weight excluding hydrogens is 251 g/mol. The van der Waals surface area contributed by atoms with Crippen molar-refractivity contribution in [2.45, 2.75) is 27.6 Å². The fraction of sp³-hybridized carbons (Fsp3) is 0.308. The van der Waals surface area contributed by atoms with Crippen LogP contribution in [0.15, 0.2) is 36.8 Å². The molecule has 0 N–H and O–H groups in total. The Balaban J connectivity index is 2.22. The first-order valence-corrected chi connectivity index (χ1v) is 6.76. The highest BCUT2D eigenvalue weighted by Crippen LogP contribution is 2.13. The van der Waals surface area contributed by atoms with Crippen LogP contribution < -0.4 is 0 Å². The number of nitrogens with zero attached hydrogens (tertiary/aromatic N) is 6. The molecule has 0 unspecified atom stereocenters. The van der Waals surface area contributed by atoms with Crippen LogP contribution in [0.1, 0.15) is 17.1 Å². The Labute approximate surface area is 118 Å². The number of hydrogen-bond acceptors (Lipinski definition) is 3. The lowest BCUT2D eigenvalue weighted by atomic mass is 9.63. The highest BCUT2D eigenvalue weighted by Gasteiger charge is 2.29. The van der Waals surface area contributed by atoms with Gasteiger partial charge in [0.15, 0.2) is 0 Å². The summed E-state index contributed by atoms with van der Waals surface area (Å²) in [7, 11) is 0. The van der Waals surface area contributed by atoms with Gasteiger partial charge in [-0.3, -0.25) is 0 Å². The Kier molecular flexibility index (Phi) is 2.77. The van der Waals surface area contributed by atoms with Crippen LogP contribution in [0.4, 0.5) is 0 Å². The highest BCUT2D eigenvalue weighted by molar-refractivity contribution is 6.73. The minimum atomic E-state index is -1.43. The quantitative estimate of drug-likeness (QED) is 0.680. The Bertz CT molecular complexity index is 639.